The summed E-state index contributed by atoms with van der Waals surface area (Å²) in [6, 6.07) is 8.26. The number of rotatable bonds is 6. The first-order chi connectivity index (χ1) is 9.65. The second-order valence-corrected chi connectivity index (χ2v) is 6.50. The third kappa shape index (κ3) is 4.82. The van der Waals surface area contributed by atoms with Gasteiger partial charge in [-0.3, -0.25) is 0 Å². The zero-order valence-corrected chi connectivity index (χ0v) is 13.0. The molecule has 0 amide bonds. The van der Waals surface area contributed by atoms with Crippen LogP contribution in [0.1, 0.15) is 51.0 Å². The summed E-state index contributed by atoms with van der Waals surface area (Å²) in [5.74, 6) is 1.28. The van der Waals surface area contributed by atoms with E-state index in [2.05, 4.69) is 18.9 Å². The molecule has 1 unspecified atom stereocenters. The first-order valence-corrected chi connectivity index (χ1v) is 8.13. The second-order valence-electron chi connectivity index (χ2n) is 6.50. The maximum Gasteiger partial charge on any atom is 0.115 e. The number of phenols is 1. The first kappa shape index (κ1) is 15.4. The van der Waals surface area contributed by atoms with Crippen molar-refractivity contribution in [3.63, 3.8) is 0 Å². The molecule has 1 aliphatic carbocycles. The summed E-state index contributed by atoms with van der Waals surface area (Å²) in [6.07, 6.45) is 9.44. The molecule has 1 aromatic rings. The van der Waals surface area contributed by atoms with Crippen molar-refractivity contribution in [2.45, 2.75) is 57.9 Å². The molecule has 0 bridgehead atoms. The summed E-state index contributed by atoms with van der Waals surface area (Å²) in [5.41, 5.74) is 1.32. The summed E-state index contributed by atoms with van der Waals surface area (Å²) in [5, 5.41) is 9.30. The highest BCUT2D eigenvalue weighted by molar-refractivity contribution is 5.25. The zero-order chi connectivity index (χ0) is 14.4. The Morgan fingerprint density at radius 1 is 1.15 bits per heavy atom. The molecule has 1 atom stereocenters. The number of benzene rings is 1. The molecule has 1 N–H and O–H groups in total. The van der Waals surface area contributed by atoms with E-state index in [0.29, 0.717) is 11.8 Å². The van der Waals surface area contributed by atoms with Crippen LogP contribution in [0.3, 0.4) is 0 Å². The number of aryl methyl sites for hydroxylation is 1. The lowest BCUT2D eigenvalue weighted by molar-refractivity contribution is 0.184. The summed E-state index contributed by atoms with van der Waals surface area (Å²) in [7, 11) is 2.27. The van der Waals surface area contributed by atoms with Gasteiger partial charge in [-0.25, -0.2) is 0 Å². The van der Waals surface area contributed by atoms with Crippen LogP contribution in [0.25, 0.3) is 0 Å². The largest absolute Gasteiger partial charge is 0.508 e. The lowest BCUT2D eigenvalue weighted by Gasteiger charge is -2.31. The van der Waals surface area contributed by atoms with Gasteiger partial charge >= 0.3 is 0 Å². The van der Waals surface area contributed by atoms with Gasteiger partial charge in [0.15, 0.2) is 0 Å². The van der Waals surface area contributed by atoms with Gasteiger partial charge in [0, 0.05) is 12.6 Å². The number of phenolic OH excluding ortho intramolecular Hbond substituents is 1. The molecule has 1 fully saturated rings. The number of aromatic hydroxyl groups is 1. The highest BCUT2D eigenvalue weighted by atomic mass is 16.3. The number of hydrogen-bond donors (Lipinski definition) is 1. The van der Waals surface area contributed by atoms with E-state index in [1.54, 1.807) is 12.1 Å². The van der Waals surface area contributed by atoms with Crippen LogP contribution in [-0.2, 0) is 6.42 Å². The van der Waals surface area contributed by atoms with Crippen molar-refractivity contribution in [1.29, 1.82) is 0 Å². The normalized spacial score (nSPS) is 18.4. The lowest BCUT2D eigenvalue weighted by atomic mass is 9.88. The van der Waals surface area contributed by atoms with E-state index in [9.17, 15) is 5.11 Å². The standard InChI is InChI=1S/C18H29NO/c1-15(8-9-16-10-12-18(20)13-11-16)19(2)14-17-6-4-3-5-7-17/h10-13,15,17,20H,3-9,14H2,1-2H3. The molecule has 2 nitrogen and oxygen atoms in total. The van der Waals surface area contributed by atoms with E-state index in [1.165, 1.54) is 50.6 Å². The fraction of sp³-hybridized carbons (Fsp3) is 0.667. The van der Waals surface area contributed by atoms with Gasteiger partial charge in [0.1, 0.15) is 5.75 Å². The highest BCUT2D eigenvalue weighted by Crippen LogP contribution is 2.25. The maximum atomic E-state index is 9.30. The first-order valence-electron chi connectivity index (χ1n) is 8.13. The average Bonchev–Trinajstić information content (AvgIpc) is 2.47. The van der Waals surface area contributed by atoms with E-state index >= 15 is 0 Å². The van der Waals surface area contributed by atoms with Gasteiger partial charge < -0.3 is 10.0 Å². The van der Waals surface area contributed by atoms with Crippen LogP contribution >= 0.6 is 0 Å². The van der Waals surface area contributed by atoms with Crippen LogP contribution < -0.4 is 0 Å². The van der Waals surface area contributed by atoms with Gasteiger partial charge in [0.05, 0.1) is 0 Å². The molecule has 0 saturated heterocycles. The summed E-state index contributed by atoms with van der Waals surface area (Å²) >= 11 is 0. The lowest BCUT2D eigenvalue weighted by Crippen LogP contribution is -2.34. The Bertz CT molecular complexity index is 381. The van der Waals surface area contributed by atoms with E-state index in [-0.39, 0.29) is 0 Å². The van der Waals surface area contributed by atoms with Gasteiger partial charge in [0.25, 0.3) is 0 Å². The maximum absolute atomic E-state index is 9.30. The Kier molecular flexibility index (Phi) is 5.90. The fourth-order valence-corrected chi connectivity index (χ4v) is 3.22. The van der Waals surface area contributed by atoms with Crippen LogP contribution in [0.5, 0.6) is 5.75 Å². The minimum Gasteiger partial charge on any atom is -0.508 e. The highest BCUT2D eigenvalue weighted by Gasteiger charge is 2.18. The molecule has 0 heterocycles. The quantitative estimate of drug-likeness (QED) is 0.840. The number of nitrogens with zero attached hydrogens (tertiary/aromatic N) is 1. The van der Waals surface area contributed by atoms with Crippen molar-refractivity contribution in [2.24, 2.45) is 5.92 Å². The van der Waals surface area contributed by atoms with Gasteiger partial charge in [-0.1, -0.05) is 31.4 Å². The Morgan fingerprint density at radius 3 is 2.45 bits per heavy atom. The molecular formula is C18H29NO. The molecule has 112 valence electrons. The molecule has 2 rings (SSSR count). The monoisotopic (exact) mass is 275 g/mol. The van der Waals surface area contributed by atoms with Crippen LogP contribution in [0.15, 0.2) is 24.3 Å². The van der Waals surface area contributed by atoms with Crippen molar-refractivity contribution < 1.29 is 5.11 Å². The van der Waals surface area contributed by atoms with Crippen LogP contribution in [-0.4, -0.2) is 29.6 Å². The Morgan fingerprint density at radius 2 is 1.80 bits per heavy atom. The minimum atomic E-state index is 0.358. The molecule has 2 heteroatoms. The molecule has 0 spiro atoms. The summed E-state index contributed by atoms with van der Waals surface area (Å²) in [4.78, 5) is 2.54. The molecule has 0 radical (unpaired) electrons. The Labute approximate surface area is 123 Å². The predicted molar refractivity (Wildman–Crippen MR) is 85.1 cm³/mol. The van der Waals surface area contributed by atoms with Crippen molar-refractivity contribution in [1.82, 2.24) is 4.90 Å². The third-order valence-electron chi connectivity index (χ3n) is 4.81. The average molecular weight is 275 g/mol. The summed E-state index contributed by atoms with van der Waals surface area (Å²) in [6.45, 7) is 3.60. The van der Waals surface area contributed by atoms with E-state index in [4.69, 9.17) is 0 Å². The fourth-order valence-electron chi connectivity index (χ4n) is 3.22. The predicted octanol–water partition coefficient (Wildman–Crippen LogP) is 4.23. The molecule has 0 aliphatic heterocycles. The zero-order valence-electron chi connectivity index (χ0n) is 13.0. The molecule has 1 aromatic carbocycles. The summed E-state index contributed by atoms with van der Waals surface area (Å²) < 4.78 is 0. The van der Waals surface area contributed by atoms with Crippen molar-refractivity contribution in [3.05, 3.63) is 29.8 Å². The Balaban J connectivity index is 1.72. The van der Waals surface area contributed by atoms with Crippen LogP contribution in [0.2, 0.25) is 0 Å². The van der Waals surface area contributed by atoms with Crippen LogP contribution in [0, 0.1) is 5.92 Å². The van der Waals surface area contributed by atoms with Gasteiger partial charge in [0.2, 0.25) is 0 Å². The van der Waals surface area contributed by atoms with E-state index < -0.39 is 0 Å². The minimum absolute atomic E-state index is 0.358. The SMILES string of the molecule is CC(CCc1ccc(O)cc1)N(C)CC1CCCCC1. The van der Waals surface area contributed by atoms with Crippen LogP contribution in [0.4, 0.5) is 0 Å². The van der Waals surface area contributed by atoms with Crippen molar-refractivity contribution >= 4 is 0 Å². The van der Waals surface area contributed by atoms with Crippen molar-refractivity contribution in [2.75, 3.05) is 13.6 Å². The number of hydrogen-bond acceptors (Lipinski definition) is 2. The van der Waals surface area contributed by atoms with Gasteiger partial charge in [-0.05, 0) is 63.3 Å². The second kappa shape index (κ2) is 7.68. The van der Waals surface area contributed by atoms with E-state index in [1.807, 2.05) is 12.1 Å². The Hall–Kier alpha value is -1.02. The van der Waals surface area contributed by atoms with E-state index in [0.717, 1.165) is 12.3 Å². The molecule has 0 aromatic heterocycles. The topological polar surface area (TPSA) is 23.5 Å². The third-order valence-corrected chi connectivity index (χ3v) is 4.81. The molecule has 1 saturated carbocycles. The molecular weight excluding hydrogens is 246 g/mol. The van der Waals surface area contributed by atoms with Crippen molar-refractivity contribution in [3.8, 4) is 5.75 Å². The molecule has 1 aliphatic rings. The van der Waals surface area contributed by atoms with Gasteiger partial charge in [-0.15, -0.1) is 0 Å². The molecule has 20 heavy (non-hydrogen) atoms. The van der Waals surface area contributed by atoms with Gasteiger partial charge in [-0.2, -0.15) is 0 Å². The smallest absolute Gasteiger partial charge is 0.115 e.